The molecule has 0 radical (unpaired) electrons. The van der Waals surface area contributed by atoms with Gasteiger partial charge in [-0.25, -0.2) is 9.59 Å². The summed E-state index contributed by atoms with van der Waals surface area (Å²) in [5.74, 6) is -2.59. The number of esters is 2. The zero-order valence-electron chi connectivity index (χ0n) is 11.9. The molecule has 1 aromatic carbocycles. The zero-order valence-corrected chi connectivity index (χ0v) is 11.9. The summed E-state index contributed by atoms with van der Waals surface area (Å²) in [6, 6.07) is 5.82. The van der Waals surface area contributed by atoms with E-state index in [0.717, 1.165) is 24.3 Å². The van der Waals surface area contributed by atoms with Gasteiger partial charge in [0.2, 0.25) is 0 Å². The van der Waals surface area contributed by atoms with Crippen LogP contribution >= 0.6 is 0 Å². The van der Waals surface area contributed by atoms with E-state index in [4.69, 9.17) is 9.47 Å². The number of benzene rings is 1. The van der Waals surface area contributed by atoms with Gasteiger partial charge in [0.15, 0.2) is 5.57 Å². The number of rotatable bonds is 2. The molecule has 21 heavy (non-hydrogen) atoms. The third-order valence-corrected chi connectivity index (χ3v) is 3.32. The third kappa shape index (κ3) is 2.69. The minimum absolute atomic E-state index is 0.145. The van der Waals surface area contributed by atoms with Crippen molar-refractivity contribution in [2.75, 3.05) is 17.2 Å². The van der Waals surface area contributed by atoms with E-state index in [1.165, 1.54) is 25.6 Å². The molecule has 2 N–H and O–H groups in total. The molecule has 0 bridgehead atoms. The average molecular weight is 288 g/mol. The van der Waals surface area contributed by atoms with Crippen LogP contribution < -0.4 is 10.6 Å². The molecule has 6 heteroatoms. The number of anilines is 2. The van der Waals surface area contributed by atoms with E-state index in [1.807, 2.05) is 18.2 Å². The van der Waals surface area contributed by atoms with Crippen LogP contribution in [-0.2, 0) is 25.5 Å². The highest BCUT2D eigenvalue weighted by atomic mass is 16.7. The highest BCUT2D eigenvalue weighted by Crippen LogP contribution is 2.26. The summed E-state index contributed by atoms with van der Waals surface area (Å²) >= 11 is 0. The normalized spacial score (nSPS) is 19.2. The Morgan fingerprint density at radius 3 is 2.67 bits per heavy atom. The Kier molecular flexibility index (Phi) is 3.08. The lowest BCUT2D eigenvalue weighted by Gasteiger charge is -2.29. The van der Waals surface area contributed by atoms with E-state index in [9.17, 15) is 9.59 Å². The Morgan fingerprint density at radius 1 is 1.24 bits per heavy atom. The summed E-state index contributed by atoms with van der Waals surface area (Å²) in [5.41, 5.74) is 2.98. The van der Waals surface area contributed by atoms with Gasteiger partial charge >= 0.3 is 11.9 Å². The van der Waals surface area contributed by atoms with Gasteiger partial charge in [-0.3, -0.25) is 0 Å². The Bertz CT molecular complexity index is 627. The van der Waals surface area contributed by atoms with Crippen LogP contribution in [0.3, 0.4) is 0 Å². The number of nitrogens with one attached hydrogen (secondary N) is 2. The predicted molar refractivity (Wildman–Crippen MR) is 76.6 cm³/mol. The first kappa shape index (κ1) is 13.5. The molecule has 2 heterocycles. The van der Waals surface area contributed by atoms with E-state index in [1.54, 1.807) is 0 Å². The highest BCUT2D eigenvalue weighted by molar-refractivity contribution is 6.15. The van der Waals surface area contributed by atoms with Crippen LogP contribution in [0.2, 0.25) is 0 Å². The van der Waals surface area contributed by atoms with Crippen molar-refractivity contribution in [2.24, 2.45) is 0 Å². The maximum Gasteiger partial charge on any atom is 0.350 e. The van der Waals surface area contributed by atoms with Gasteiger partial charge in [-0.05, 0) is 30.2 Å². The molecule has 1 aromatic rings. The van der Waals surface area contributed by atoms with Crippen LogP contribution in [0.25, 0.3) is 0 Å². The van der Waals surface area contributed by atoms with Gasteiger partial charge in [-0.1, -0.05) is 0 Å². The van der Waals surface area contributed by atoms with Crippen LogP contribution in [0.1, 0.15) is 19.4 Å². The fourth-order valence-electron chi connectivity index (χ4n) is 2.33. The van der Waals surface area contributed by atoms with Crippen molar-refractivity contribution in [1.82, 2.24) is 0 Å². The summed E-state index contributed by atoms with van der Waals surface area (Å²) in [6.07, 6.45) is 2.28. The van der Waals surface area contributed by atoms with Crippen molar-refractivity contribution in [3.8, 4) is 0 Å². The van der Waals surface area contributed by atoms with Crippen LogP contribution in [-0.4, -0.2) is 24.3 Å². The number of hydrogen-bond donors (Lipinski definition) is 2. The molecular weight excluding hydrogens is 272 g/mol. The van der Waals surface area contributed by atoms with E-state index in [0.29, 0.717) is 0 Å². The van der Waals surface area contributed by atoms with E-state index < -0.39 is 17.7 Å². The SMILES string of the molecule is CC1(C)OC(=O)C(=CNc2ccc3c(c2)CCN3)C(=O)O1. The standard InChI is InChI=1S/C15H16N2O4/c1-15(2)20-13(18)11(14(19)21-15)8-17-10-3-4-12-9(7-10)5-6-16-12/h3-4,7-8,16-17H,5-6H2,1-2H3. The minimum atomic E-state index is -1.22. The summed E-state index contributed by atoms with van der Waals surface area (Å²) < 4.78 is 10.0. The molecule has 0 aliphatic carbocycles. The third-order valence-electron chi connectivity index (χ3n) is 3.32. The van der Waals surface area contributed by atoms with Crippen molar-refractivity contribution in [1.29, 1.82) is 0 Å². The monoisotopic (exact) mass is 288 g/mol. The second kappa shape index (κ2) is 4.80. The molecule has 1 fully saturated rings. The maximum atomic E-state index is 11.8. The van der Waals surface area contributed by atoms with Gasteiger partial charge in [0, 0.05) is 38.0 Å². The molecule has 2 aliphatic rings. The van der Waals surface area contributed by atoms with Gasteiger partial charge in [0.25, 0.3) is 5.79 Å². The van der Waals surface area contributed by atoms with E-state index in [-0.39, 0.29) is 5.57 Å². The Labute approximate surface area is 122 Å². The number of ether oxygens (including phenoxy) is 2. The van der Waals surface area contributed by atoms with Gasteiger partial charge in [0.05, 0.1) is 0 Å². The summed E-state index contributed by atoms with van der Waals surface area (Å²) in [7, 11) is 0. The van der Waals surface area contributed by atoms with Crippen molar-refractivity contribution in [3.63, 3.8) is 0 Å². The second-order valence-corrected chi connectivity index (χ2v) is 5.43. The first-order valence-electron chi connectivity index (χ1n) is 6.75. The smallest absolute Gasteiger partial charge is 0.350 e. The molecule has 0 spiro atoms. The number of fused-ring (bicyclic) bond motifs is 1. The Morgan fingerprint density at radius 2 is 1.95 bits per heavy atom. The lowest BCUT2D eigenvalue weighted by Crippen LogP contribution is -2.42. The van der Waals surface area contributed by atoms with E-state index in [2.05, 4.69) is 10.6 Å². The lowest BCUT2D eigenvalue weighted by molar-refractivity contribution is -0.222. The molecule has 0 saturated carbocycles. The van der Waals surface area contributed by atoms with Crippen LogP contribution in [0.15, 0.2) is 30.0 Å². The number of carbonyl (C=O) groups is 2. The maximum absolute atomic E-state index is 11.8. The highest BCUT2D eigenvalue weighted by Gasteiger charge is 2.38. The lowest BCUT2D eigenvalue weighted by atomic mass is 10.1. The summed E-state index contributed by atoms with van der Waals surface area (Å²) in [6.45, 7) is 3.95. The first-order chi connectivity index (χ1) is 9.94. The zero-order chi connectivity index (χ0) is 15.0. The average Bonchev–Trinajstić information content (AvgIpc) is 2.83. The van der Waals surface area contributed by atoms with Crippen molar-refractivity contribution in [3.05, 3.63) is 35.5 Å². The van der Waals surface area contributed by atoms with Gasteiger partial charge in [-0.15, -0.1) is 0 Å². The Hall–Kier alpha value is -2.50. The molecule has 0 unspecified atom stereocenters. The number of cyclic esters (lactones) is 2. The van der Waals surface area contributed by atoms with Crippen molar-refractivity contribution < 1.29 is 19.1 Å². The van der Waals surface area contributed by atoms with Crippen LogP contribution in [0.5, 0.6) is 0 Å². The molecular formula is C15H16N2O4. The predicted octanol–water partition coefficient (Wildman–Crippen LogP) is 1.79. The Balaban J connectivity index is 1.77. The van der Waals surface area contributed by atoms with Crippen LogP contribution in [0.4, 0.5) is 11.4 Å². The quantitative estimate of drug-likeness (QED) is 0.491. The second-order valence-electron chi connectivity index (χ2n) is 5.43. The molecule has 6 nitrogen and oxygen atoms in total. The van der Waals surface area contributed by atoms with Gasteiger partial charge in [0.1, 0.15) is 0 Å². The number of hydrogen-bond acceptors (Lipinski definition) is 6. The molecule has 110 valence electrons. The van der Waals surface area contributed by atoms with Crippen molar-refractivity contribution in [2.45, 2.75) is 26.1 Å². The van der Waals surface area contributed by atoms with Crippen molar-refractivity contribution >= 4 is 23.3 Å². The van der Waals surface area contributed by atoms with Crippen LogP contribution in [0, 0.1) is 0 Å². The fourth-order valence-corrected chi connectivity index (χ4v) is 2.33. The molecule has 0 aromatic heterocycles. The molecule has 3 rings (SSSR count). The topological polar surface area (TPSA) is 76.7 Å². The van der Waals surface area contributed by atoms with Gasteiger partial charge in [-0.2, -0.15) is 0 Å². The first-order valence-corrected chi connectivity index (χ1v) is 6.75. The largest absolute Gasteiger partial charge is 0.419 e. The number of carbonyl (C=O) groups excluding carboxylic acids is 2. The minimum Gasteiger partial charge on any atom is -0.419 e. The summed E-state index contributed by atoms with van der Waals surface area (Å²) in [5, 5.41) is 6.21. The molecule has 0 atom stereocenters. The van der Waals surface area contributed by atoms with E-state index >= 15 is 0 Å². The van der Waals surface area contributed by atoms with Gasteiger partial charge < -0.3 is 20.1 Å². The molecule has 1 saturated heterocycles. The fraction of sp³-hybridized carbons (Fsp3) is 0.333. The summed E-state index contributed by atoms with van der Waals surface area (Å²) in [4.78, 5) is 23.6. The molecule has 2 aliphatic heterocycles. The molecule has 0 amide bonds.